The number of hydrogen-bond donors (Lipinski definition) is 1. The monoisotopic (exact) mass is 577 g/mol. The highest BCUT2D eigenvalue weighted by Gasteiger charge is 2.51. The second-order valence-electron chi connectivity index (χ2n) is 12.2. The van der Waals surface area contributed by atoms with Gasteiger partial charge in [0, 0.05) is 80.5 Å². The van der Waals surface area contributed by atoms with Gasteiger partial charge in [-0.1, -0.05) is 12.1 Å². The maximum atomic E-state index is 14.6. The molecule has 0 bridgehead atoms. The van der Waals surface area contributed by atoms with Gasteiger partial charge in [0.05, 0.1) is 25.4 Å². The van der Waals surface area contributed by atoms with E-state index in [-0.39, 0.29) is 5.56 Å². The molecule has 0 amide bonds. The lowest BCUT2D eigenvalue weighted by atomic mass is 9.72. The largest absolute Gasteiger partial charge is 0.494 e. The zero-order chi connectivity index (χ0) is 28.8. The number of nitrogens with zero attached hydrogens (tertiary/aromatic N) is 6. The van der Waals surface area contributed by atoms with Crippen LogP contribution >= 0.6 is 0 Å². The molecule has 0 radical (unpaired) electrons. The minimum Gasteiger partial charge on any atom is -0.494 e. The Labute approximate surface area is 245 Å². The molecule has 5 heterocycles. The van der Waals surface area contributed by atoms with Gasteiger partial charge < -0.3 is 19.9 Å². The van der Waals surface area contributed by atoms with Gasteiger partial charge in [0.2, 0.25) is 0 Å². The summed E-state index contributed by atoms with van der Waals surface area (Å²) in [6.45, 7) is 7.45. The standard InChI is InChI=1S/C31H37F2N7O2/c1-37-16-31(17-37)18-39(19-31)21-8-11-38(12-9-21)22-6-7-25(27(14-22)41-2)36-28-15-29(35-20-34-28)40-26(10-13-42-40)23-4-3-5-24(32)30(23)33/h3-7,14-15,20-21,26H,8-13,16-19H2,1-2H3,(H,34,35,36). The maximum Gasteiger partial charge on any atom is 0.164 e. The number of ether oxygens (including phenoxy) is 1. The van der Waals surface area contributed by atoms with E-state index in [9.17, 15) is 8.78 Å². The predicted molar refractivity (Wildman–Crippen MR) is 157 cm³/mol. The first-order valence-electron chi connectivity index (χ1n) is 14.7. The Hall–Kier alpha value is -3.54. The maximum absolute atomic E-state index is 14.6. The number of anilines is 4. The third-order valence-electron chi connectivity index (χ3n) is 9.21. The molecule has 2 aromatic carbocycles. The van der Waals surface area contributed by atoms with Crippen molar-refractivity contribution in [2.45, 2.75) is 31.3 Å². The fraction of sp³-hybridized carbons (Fsp3) is 0.484. The number of hydroxylamine groups is 1. The van der Waals surface area contributed by atoms with Crippen molar-refractivity contribution in [3.63, 3.8) is 0 Å². The predicted octanol–water partition coefficient (Wildman–Crippen LogP) is 4.61. The van der Waals surface area contributed by atoms with E-state index < -0.39 is 17.7 Å². The van der Waals surface area contributed by atoms with E-state index in [1.54, 1.807) is 19.2 Å². The van der Waals surface area contributed by atoms with Crippen LogP contribution < -0.4 is 20.0 Å². The molecule has 1 atom stereocenters. The number of benzene rings is 2. The highest BCUT2D eigenvalue weighted by atomic mass is 19.2. The van der Waals surface area contributed by atoms with E-state index in [1.807, 2.05) is 6.07 Å². The van der Waals surface area contributed by atoms with Gasteiger partial charge in [-0.3, -0.25) is 9.74 Å². The van der Waals surface area contributed by atoms with Crippen molar-refractivity contribution in [1.82, 2.24) is 19.8 Å². The Kier molecular flexibility index (Phi) is 7.11. The Balaban J connectivity index is 1.01. The molecule has 4 saturated heterocycles. The average Bonchev–Trinajstić information content (AvgIpc) is 3.46. The summed E-state index contributed by atoms with van der Waals surface area (Å²) in [6, 6.07) is 12.3. The molecule has 11 heteroatoms. The van der Waals surface area contributed by atoms with Crippen molar-refractivity contribution in [3.8, 4) is 5.75 Å². The Morgan fingerprint density at radius 3 is 2.57 bits per heavy atom. The topological polar surface area (TPSA) is 69.2 Å². The van der Waals surface area contributed by atoms with E-state index in [0.717, 1.165) is 30.5 Å². The van der Waals surface area contributed by atoms with Gasteiger partial charge in [0.1, 0.15) is 17.9 Å². The van der Waals surface area contributed by atoms with Crippen LogP contribution in [-0.4, -0.2) is 85.8 Å². The first-order chi connectivity index (χ1) is 20.4. The van der Waals surface area contributed by atoms with Gasteiger partial charge in [-0.15, -0.1) is 0 Å². The summed E-state index contributed by atoms with van der Waals surface area (Å²) in [6.07, 6.45) is 4.29. The van der Waals surface area contributed by atoms with Crippen molar-refractivity contribution < 1.29 is 18.4 Å². The molecule has 4 fully saturated rings. The molecular formula is C31H37F2N7O2. The van der Waals surface area contributed by atoms with Crippen LogP contribution in [0.25, 0.3) is 0 Å². The molecule has 222 valence electrons. The molecular weight excluding hydrogens is 540 g/mol. The van der Waals surface area contributed by atoms with Crippen molar-refractivity contribution in [1.29, 1.82) is 0 Å². The Bertz CT molecular complexity index is 1440. The van der Waals surface area contributed by atoms with Crippen LogP contribution in [0.1, 0.15) is 30.9 Å². The summed E-state index contributed by atoms with van der Waals surface area (Å²) in [5.41, 5.74) is 2.73. The van der Waals surface area contributed by atoms with Gasteiger partial charge >= 0.3 is 0 Å². The number of rotatable bonds is 7. The number of likely N-dealkylation sites (tertiary alicyclic amines) is 2. The van der Waals surface area contributed by atoms with E-state index >= 15 is 0 Å². The van der Waals surface area contributed by atoms with Crippen LogP contribution in [0.3, 0.4) is 0 Å². The normalized spacial score (nSPS) is 22.7. The van der Waals surface area contributed by atoms with Gasteiger partial charge in [0.15, 0.2) is 17.5 Å². The summed E-state index contributed by atoms with van der Waals surface area (Å²) >= 11 is 0. The molecule has 1 spiro atoms. The minimum atomic E-state index is -0.879. The van der Waals surface area contributed by atoms with E-state index in [0.29, 0.717) is 41.9 Å². The summed E-state index contributed by atoms with van der Waals surface area (Å²) in [5.74, 6) is -0.0447. The summed E-state index contributed by atoms with van der Waals surface area (Å²) < 4.78 is 34.2. The van der Waals surface area contributed by atoms with Gasteiger partial charge in [-0.2, -0.15) is 0 Å². The van der Waals surface area contributed by atoms with Gasteiger partial charge in [-0.05, 0) is 38.1 Å². The lowest BCUT2D eigenvalue weighted by molar-refractivity contribution is -0.123. The molecule has 0 aliphatic carbocycles. The van der Waals surface area contributed by atoms with E-state index in [4.69, 9.17) is 9.57 Å². The molecule has 1 aromatic heterocycles. The zero-order valence-electron chi connectivity index (χ0n) is 24.1. The lowest BCUT2D eigenvalue weighted by Gasteiger charge is -2.62. The number of nitrogens with one attached hydrogen (secondary N) is 1. The van der Waals surface area contributed by atoms with Crippen LogP contribution in [0, 0.1) is 17.0 Å². The molecule has 0 saturated carbocycles. The number of piperidine rings is 1. The van der Waals surface area contributed by atoms with Crippen LogP contribution in [-0.2, 0) is 4.84 Å². The number of halogens is 2. The first kappa shape index (κ1) is 27.3. The van der Waals surface area contributed by atoms with Crippen molar-refractivity contribution in [3.05, 3.63) is 66.0 Å². The third-order valence-corrected chi connectivity index (χ3v) is 9.21. The second-order valence-corrected chi connectivity index (χ2v) is 12.2. The molecule has 1 N–H and O–H groups in total. The van der Waals surface area contributed by atoms with Crippen LogP contribution in [0.2, 0.25) is 0 Å². The molecule has 42 heavy (non-hydrogen) atoms. The molecule has 4 aliphatic rings. The van der Waals surface area contributed by atoms with Crippen LogP contribution in [0.5, 0.6) is 5.75 Å². The quantitative estimate of drug-likeness (QED) is 0.434. The van der Waals surface area contributed by atoms with Crippen molar-refractivity contribution >= 4 is 23.0 Å². The summed E-state index contributed by atoms with van der Waals surface area (Å²) in [5, 5.41) is 4.86. The molecule has 4 aliphatic heterocycles. The number of aromatic nitrogens is 2. The average molecular weight is 578 g/mol. The van der Waals surface area contributed by atoms with Crippen molar-refractivity contribution in [2.24, 2.45) is 5.41 Å². The minimum absolute atomic E-state index is 0.238. The SMILES string of the molecule is COc1cc(N2CCC(N3CC4(CN(C)C4)C3)CC2)ccc1Nc1cc(N2OCCC2c2cccc(F)c2F)ncn1. The number of methoxy groups -OCH3 is 1. The summed E-state index contributed by atoms with van der Waals surface area (Å²) in [4.78, 5) is 22.1. The summed E-state index contributed by atoms with van der Waals surface area (Å²) in [7, 11) is 3.88. The molecule has 9 nitrogen and oxygen atoms in total. The zero-order valence-corrected chi connectivity index (χ0v) is 24.1. The Morgan fingerprint density at radius 1 is 1.00 bits per heavy atom. The van der Waals surface area contributed by atoms with E-state index in [1.165, 1.54) is 56.5 Å². The van der Waals surface area contributed by atoms with E-state index in [2.05, 4.69) is 49.2 Å². The fourth-order valence-electron chi connectivity index (χ4n) is 7.27. The molecule has 1 unspecified atom stereocenters. The number of hydrogen-bond acceptors (Lipinski definition) is 9. The smallest absolute Gasteiger partial charge is 0.164 e. The van der Waals surface area contributed by atoms with Crippen LogP contribution in [0.4, 0.5) is 31.8 Å². The van der Waals surface area contributed by atoms with Crippen LogP contribution in [0.15, 0.2) is 48.8 Å². The Morgan fingerprint density at radius 2 is 1.81 bits per heavy atom. The molecule has 7 rings (SSSR count). The van der Waals surface area contributed by atoms with Gasteiger partial charge in [-0.25, -0.2) is 23.8 Å². The third kappa shape index (κ3) is 5.03. The first-order valence-corrected chi connectivity index (χ1v) is 14.7. The fourth-order valence-corrected chi connectivity index (χ4v) is 7.27. The lowest BCUT2D eigenvalue weighted by Crippen LogP contribution is -2.73. The second kappa shape index (κ2) is 10.9. The van der Waals surface area contributed by atoms with Gasteiger partial charge in [0.25, 0.3) is 0 Å². The van der Waals surface area contributed by atoms with Crippen molar-refractivity contribution in [2.75, 3.05) is 75.3 Å². The highest BCUT2D eigenvalue weighted by molar-refractivity contribution is 5.70. The highest BCUT2D eigenvalue weighted by Crippen LogP contribution is 2.42. The molecule has 3 aromatic rings.